The zero-order valence-corrected chi connectivity index (χ0v) is 9.53. The van der Waals surface area contributed by atoms with Gasteiger partial charge in [0, 0.05) is 6.20 Å². The molecule has 1 heterocycles. The Kier molecular flexibility index (Phi) is 4.97. The van der Waals surface area contributed by atoms with Crippen molar-refractivity contribution in [3.63, 3.8) is 0 Å². The van der Waals surface area contributed by atoms with Crippen molar-refractivity contribution >= 4 is 29.5 Å². The Labute approximate surface area is 102 Å². The molecule has 0 aliphatic rings. The van der Waals surface area contributed by atoms with Gasteiger partial charge in [0.2, 0.25) is 5.91 Å². The molecular weight excluding hydrogens is 242 g/mol. The van der Waals surface area contributed by atoms with Crippen molar-refractivity contribution in [1.29, 1.82) is 5.26 Å². The first-order chi connectivity index (χ1) is 8.15. The number of nitrogens with zero attached hydrogens (tertiary/aromatic N) is 2. The van der Waals surface area contributed by atoms with Crippen LogP contribution in [0.2, 0.25) is 0 Å². The minimum Gasteiger partial charge on any atom is -0.478 e. The molecule has 0 aliphatic heterocycles. The Bertz CT molecular complexity index is 470. The first kappa shape index (κ1) is 13.0. The zero-order chi connectivity index (χ0) is 12.7. The number of carbonyl (C=O) groups is 2. The Hall–Kier alpha value is -2.07. The van der Waals surface area contributed by atoms with E-state index in [-0.39, 0.29) is 28.8 Å². The van der Waals surface area contributed by atoms with Crippen molar-refractivity contribution in [3.8, 4) is 6.07 Å². The van der Waals surface area contributed by atoms with Gasteiger partial charge in [0.25, 0.3) is 0 Å². The summed E-state index contributed by atoms with van der Waals surface area (Å²) in [6.07, 6.45) is 1.39. The van der Waals surface area contributed by atoms with Crippen molar-refractivity contribution in [3.05, 3.63) is 23.9 Å². The molecule has 7 heteroatoms. The van der Waals surface area contributed by atoms with E-state index in [1.54, 1.807) is 0 Å². The van der Waals surface area contributed by atoms with E-state index in [1.807, 2.05) is 6.07 Å². The molecule has 1 aromatic heterocycles. The van der Waals surface area contributed by atoms with Gasteiger partial charge in [0.05, 0.1) is 17.6 Å². The summed E-state index contributed by atoms with van der Waals surface area (Å²) in [6.45, 7) is 0. The van der Waals surface area contributed by atoms with Crippen molar-refractivity contribution < 1.29 is 14.7 Å². The number of carboxylic acid groups (broad SMARTS) is 1. The van der Waals surface area contributed by atoms with Crippen LogP contribution in [0.25, 0.3) is 0 Å². The van der Waals surface area contributed by atoms with Gasteiger partial charge in [-0.3, -0.25) is 4.79 Å². The highest BCUT2D eigenvalue weighted by Crippen LogP contribution is 2.11. The van der Waals surface area contributed by atoms with E-state index in [9.17, 15) is 9.59 Å². The molecule has 88 valence electrons. The van der Waals surface area contributed by atoms with Gasteiger partial charge in [0.1, 0.15) is 11.4 Å². The molecule has 2 N–H and O–H groups in total. The molecule has 1 amide bonds. The molecular formula is C10H9N3O3S. The SMILES string of the molecule is N#CCSCC(=O)Nc1ncccc1C(=O)O. The van der Waals surface area contributed by atoms with Crippen molar-refractivity contribution in [1.82, 2.24) is 4.98 Å². The minimum absolute atomic E-state index is 0.0163. The fourth-order valence-electron chi connectivity index (χ4n) is 1.04. The first-order valence-electron chi connectivity index (χ1n) is 4.58. The summed E-state index contributed by atoms with van der Waals surface area (Å²) in [6, 6.07) is 4.72. The number of carboxylic acids is 1. The lowest BCUT2D eigenvalue weighted by Gasteiger charge is -2.05. The lowest BCUT2D eigenvalue weighted by Crippen LogP contribution is -2.17. The van der Waals surface area contributed by atoms with Crippen LogP contribution < -0.4 is 5.32 Å². The highest BCUT2D eigenvalue weighted by molar-refractivity contribution is 8.00. The van der Waals surface area contributed by atoms with Crippen LogP contribution in [0.5, 0.6) is 0 Å². The second kappa shape index (κ2) is 6.50. The van der Waals surface area contributed by atoms with Crippen molar-refractivity contribution in [2.75, 3.05) is 16.8 Å². The molecule has 0 spiro atoms. The van der Waals surface area contributed by atoms with Gasteiger partial charge < -0.3 is 10.4 Å². The summed E-state index contributed by atoms with van der Waals surface area (Å²) in [5.74, 6) is -1.22. The average molecular weight is 251 g/mol. The standard InChI is InChI=1S/C10H9N3O3S/c11-3-5-17-6-8(14)13-9-7(10(15)16)2-1-4-12-9/h1-2,4H,5-6H2,(H,15,16)(H,12,13,14). The fourth-order valence-corrected chi connectivity index (χ4v) is 1.49. The van der Waals surface area contributed by atoms with E-state index >= 15 is 0 Å². The number of hydrogen-bond donors (Lipinski definition) is 2. The maximum Gasteiger partial charge on any atom is 0.339 e. The van der Waals surface area contributed by atoms with E-state index in [0.29, 0.717) is 0 Å². The number of aromatic carboxylic acids is 1. The Morgan fingerprint density at radius 3 is 3.00 bits per heavy atom. The second-order valence-corrected chi connectivity index (χ2v) is 3.89. The third kappa shape index (κ3) is 4.12. The van der Waals surface area contributed by atoms with Crippen LogP contribution in [0.1, 0.15) is 10.4 Å². The maximum atomic E-state index is 11.4. The zero-order valence-electron chi connectivity index (χ0n) is 8.71. The lowest BCUT2D eigenvalue weighted by molar-refractivity contribution is -0.113. The largest absolute Gasteiger partial charge is 0.478 e. The number of amides is 1. The Balaban J connectivity index is 2.65. The summed E-state index contributed by atoms with van der Waals surface area (Å²) in [5, 5.41) is 19.5. The number of nitriles is 1. The van der Waals surface area contributed by atoms with Gasteiger partial charge in [-0.2, -0.15) is 5.26 Å². The lowest BCUT2D eigenvalue weighted by atomic mass is 10.2. The van der Waals surface area contributed by atoms with Gasteiger partial charge >= 0.3 is 5.97 Å². The Morgan fingerprint density at radius 2 is 2.35 bits per heavy atom. The average Bonchev–Trinajstić information content (AvgIpc) is 2.29. The van der Waals surface area contributed by atoms with Gasteiger partial charge in [-0.15, -0.1) is 11.8 Å². The molecule has 0 saturated carbocycles. The Morgan fingerprint density at radius 1 is 1.59 bits per heavy atom. The highest BCUT2D eigenvalue weighted by atomic mass is 32.2. The first-order valence-corrected chi connectivity index (χ1v) is 5.73. The molecule has 0 aliphatic carbocycles. The molecule has 0 bridgehead atoms. The van der Waals surface area contributed by atoms with E-state index in [1.165, 1.54) is 18.3 Å². The molecule has 1 aromatic rings. The number of nitrogens with one attached hydrogen (secondary N) is 1. The second-order valence-electron chi connectivity index (χ2n) is 2.90. The summed E-state index contributed by atoms with van der Waals surface area (Å²) in [7, 11) is 0. The quantitative estimate of drug-likeness (QED) is 0.756. The molecule has 0 atom stereocenters. The van der Waals surface area contributed by atoms with Crippen molar-refractivity contribution in [2.45, 2.75) is 0 Å². The van der Waals surface area contributed by atoms with Gasteiger partial charge in [-0.1, -0.05) is 0 Å². The molecule has 0 radical (unpaired) electrons. The van der Waals surface area contributed by atoms with Crippen LogP contribution in [-0.4, -0.2) is 33.5 Å². The van der Waals surface area contributed by atoms with Crippen LogP contribution in [0.4, 0.5) is 5.82 Å². The number of aromatic nitrogens is 1. The van der Waals surface area contributed by atoms with Gasteiger partial charge in [-0.05, 0) is 12.1 Å². The molecule has 0 fully saturated rings. The summed E-state index contributed by atoms with van der Waals surface area (Å²) in [4.78, 5) is 26.0. The smallest absolute Gasteiger partial charge is 0.339 e. The molecule has 17 heavy (non-hydrogen) atoms. The monoisotopic (exact) mass is 251 g/mol. The van der Waals surface area contributed by atoms with Crippen LogP contribution in [-0.2, 0) is 4.79 Å². The molecule has 0 unspecified atom stereocenters. The molecule has 6 nitrogen and oxygen atoms in total. The molecule has 1 rings (SSSR count). The summed E-state index contributed by atoms with van der Waals surface area (Å²) >= 11 is 1.15. The topological polar surface area (TPSA) is 103 Å². The molecule has 0 saturated heterocycles. The van der Waals surface area contributed by atoms with Gasteiger partial charge in [-0.25, -0.2) is 9.78 Å². The predicted octanol–water partition coefficient (Wildman–Crippen LogP) is 0.975. The van der Waals surface area contributed by atoms with Gasteiger partial charge in [0.15, 0.2) is 0 Å². The third-order valence-electron chi connectivity index (χ3n) is 1.70. The van der Waals surface area contributed by atoms with Crippen LogP contribution in [0, 0.1) is 11.3 Å². The number of anilines is 1. The van der Waals surface area contributed by atoms with E-state index in [0.717, 1.165) is 11.8 Å². The third-order valence-corrected chi connectivity index (χ3v) is 2.50. The van der Waals surface area contributed by atoms with E-state index in [2.05, 4.69) is 10.3 Å². The summed E-state index contributed by atoms with van der Waals surface area (Å²) in [5.41, 5.74) is -0.0638. The number of rotatable bonds is 5. The molecule has 0 aromatic carbocycles. The normalized spacial score (nSPS) is 9.35. The van der Waals surface area contributed by atoms with Crippen LogP contribution in [0.15, 0.2) is 18.3 Å². The fraction of sp³-hybridized carbons (Fsp3) is 0.200. The van der Waals surface area contributed by atoms with E-state index in [4.69, 9.17) is 10.4 Å². The highest BCUT2D eigenvalue weighted by Gasteiger charge is 2.12. The van der Waals surface area contributed by atoms with Crippen LogP contribution in [0.3, 0.4) is 0 Å². The number of thioether (sulfide) groups is 1. The van der Waals surface area contributed by atoms with Crippen molar-refractivity contribution in [2.24, 2.45) is 0 Å². The number of carbonyl (C=O) groups excluding carboxylic acids is 1. The number of hydrogen-bond acceptors (Lipinski definition) is 5. The number of pyridine rings is 1. The van der Waals surface area contributed by atoms with Crippen LogP contribution >= 0.6 is 11.8 Å². The minimum atomic E-state index is -1.15. The summed E-state index contributed by atoms with van der Waals surface area (Å²) < 4.78 is 0. The predicted molar refractivity (Wildman–Crippen MR) is 62.8 cm³/mol. The maximum absolute atomic E-state index is 11.4. The van der Waals surface area contributed by atoms with E-state index < -0.39 is 5.97 Å².